The van der Waals surface area contributed by atoms with Gasteiger partial charge in [-0.05, 0) is 53.9 Å². The van der Waals surface area contributed by atoms with Crippen molar-refractivity contribution >= 4 is 17.5 Å². The highest BCUT2D eigenvalue weighted by Gasteiger charge is 2.11. The van der Waals surface area contributed by atoms with E-state index in [-0.39, 0.29) is 24.1 Å². The van der Waals surface area contributed by atoms with Crippen LogP contribution in [0.2, 0.25) is 0 Å². The van der Waals surface area contributed by atoms with Gasteiger partial charge in [-0.1, -0.05) is 26.0 Å². The molecule has 0 bridgehead atoms. The molecule has 0 spiro atoms. The molecule has 0 saturated heterocycles. The van der Waals surface area contributed by atoms with Crippen molar-refractivity contribution in [3.8, 4) is 5.69 Å². The molecule has 0 saturated carbocycles. The predicted molar refractivity (Wildman–Crippen MR) is 115 cm³/mol. The summed E-state index contributed by atoms with van der Waals surface area (Å²) in [7, 11) is 0. The Balaban J connectivity index is 1.68. The van der Waals surface area contributed by atoms with Gasteiger partial charge in [0.1, 0.15) is 11.5 Å². The fourth-order valence-electron chi connectivity index (χ4n) is 2.91. The van der Waals surface area contributed by atoms with E-state index in [2.05, 4.69) is 15.7 Å². The number of hydrogen-bond acceptors (Lipinski definition) is 4. The SMILES string of the molecule is CC(C)CC(=O)Nc1cccc(CNC(=O)c2ccc(=O)n(-c3ccc(F)cc3)n2)c1. The zero-order valence-electron chi connectivity index (χ0n) is 17.3. The van der Waals surface area contributed by atoms with Gasteiger partial charge in [0, 0.05) is 24.7 Å². The van der Waals surface area contributed by atoms with Crippen LogP contribution in [-0.4, -0.2) is 21.6 Å². The zero-order valence-corrected chi connectivity index (χ0v) is 17.3. The molecular weight excluding hydrogens is 399 g/mol. The quantitative estimate of drug-likeness (QED) is 0.611. The first-order chi connectivity index (χ1) is 14.8. The van der Waals surface area contributed by atoms with Crippen LogP contribution in [0.3, 0.4) is 0 Å². The molecule has 7 nitrogen and oxygen atoms in total. The minimum atomic E-state index is -0.467. The van der Waals surface area contributed by atoms with Crippen LogP contribution in [0.5, 0.6) is 0 Å². The molecule has 160 valence electrons. The molecule has 2 N–H and O–H groups in total. The van der Waals surface area contributed by atoms with E-state index in [1.54, 1.807) is 18.2 Å². The number of aromatic nitrogens is 2. The Hall–Kier alpha value is -3.81. The maximum Gasteiger partial charge on any atom is 0.272 e. The maximum absolute atomic E-state index is 13.1. The highest BCUT2D eigenvalue weighted by Crippen LogP contribution is 2.12. The van der Waals surface area contributed by atoms with Crippen molar-refractivity contribution in [1.82, 2.24) is 15.1 Å². The van der Waals surface area contributed by atoms with Gasteiger partial charge in [-0.2, -0.15) is 9.78 Å². The lowest BCUT2D eigenvalue weighted by Gasteiger charge is -2.10. The normalized spacial score (nSPS) is 10.7. The van der Waals surface area contributed by atoms with Gasteiger partial charge < -0.3 is 10.6 Å². The third-order valence-electron chi connectivity index (χ3n) is 4.36. The summed E-state index contributed by atoms with van der Waals surface area (Å²) >= 11 is 0. The Kier molecular flexibility index (Phi) is 6.92. The number of hydrogen-bond donors (Lipinski definition) is 2. The summed E-state index contributed by atoms with van der Waals surface area (Å²) in [6.45, 7) is 4.15. The second-order valence-corrected chi connectivity index (χ2v) is 7.47. The number of carbonyl (C=O) groups is 2. The summed E-state index contributed by atoms with van der Waals surface area (Å²) in [6, 6.07) is 15.0. The van der Waals surface area contributed by atoms with Crippen LogP contribution in [0.4, 0.5) is 10.1 Å². The second-order valence-electron chi connectivity index (χ2n) is 7.47. The van der Waals surface area contributed by atoms with Crippen molar-refractivity contribution in [2.45, 2.75) is 26.8 Å². The second kappa shape index (κ2) is 9.80. The number of nitrogens with zero attached hydrogens (tertiary/aromatic N) is 2. The molecule has 31 heavy (non-hydrogen) atoms. The highest BCUT2D eigenvalue weighted by molar-refractivity contribution is 5.92. The van der Waals surface area contributed by atoms with Crippen LogP contribution in [0.15, 0.2) is 65.5 Å². The average molecular weight is 422 g/mol. The predicted octanol–water partition coefficient (Wildman–Crippen LogP) is 3.29. The molecule has 3 aromatic rings. The minimum Gasteiger partial charge on any atom is -0.347 e. The molecule has 0 aliphatic rings. The third kappa shape index (κ3) is 6.08. The summed E-state index contributed by atoms with van der Waals surface area (Å²) in [6.07, 6.45) is 0.427. The van der Waals surface area contributed by atoms with Crippen molar-refractivity contribution in [1.29, 1.82) is 0 Å². The van der Waals surface area contributed by atoms with Crippen molar-refractivity contribution in [3.05, 3.63) is 88.1 Å². The van der Waals surface area contributed by atoms with Crippen LogP contribution in [0, 0.1) is 11.7 Å². The summed E-state index contributed by atoms with van der Waals surface area (Å²) < 4.78 is 14.2. The average Bonchev–Trinajstić information content (AvgIpc) is 2.73. The van der Waals surface area contributed by atoms with Crippen LogP contribution in [-0.2, 0) is 11.3 Å². The molecule has 2 amide bonds. The van der Waals surface area contributed by atoms with Crippen LogP contribution in [0.25, 0.3) is 5.69 Å². The van der Waals surface area contributed by atoms with Crippen LogP contribution < -0.4 is 16.2 Å². The Morgan fingerprint density at radius 2 is 1.81 bits per heavy atom. The Labute approximate surface area is 178 Å². The summed E-state index contributed by atoms with van der Waals surface area (Å²) in [4.78, 5) is 36.6. The first-order valence-electron chi connectivity index (χ1n) is 9.85. The van der Waals surface area contributed by atoms with E-state index in [0.717, 1.165) is 10.2 Å². The van der Waals surface area contributed by atoms with Gasteiger partial charge >= 0.3 is 0 Å². The molecular formula is C23H23FN4O3. The fourth-order valence-corrected chi connectivity index (χ4v) is 2.91. The molecule has 1 heterocycles. The van der Waals surface area contributed by atoms with Gasteiger partial charge in [-0.15, -0.1) is 0 Å². The van der Waals surface area contributed by atoms with Gasteiger partial charge in [-0.25, -0.2) is 4.39 Å². The highest BCUT2D eigenvalue weighted by atomic mass is 19.1. The number of amides is 2. The van der Waals surface area contributed by atoms with Gasteiger partial charge in [-0.3, -0.25) is 14.4 Å². The Morgan fingerprint density at radius 1 is 1.06 bits per heavy atom. The van der Waals surface area contributed by atoms with E-state index in [0.29, 0.717) is 17.8 Å². The summed E-state index contributed by atoms with van der Waals surface area (Å²) in [5.74, 6) is -0.713. The van der Waals surface area contributed by atoms with Crippen molar-refractivity contribution in [2.24, 2.45) is 5.92 Å². The lowest BCUT2D eigenvalue weighted by Crippen LogP contribution is -2.28. The van der Waals surface area contributed by atoms with E-state index in [1.165, 1.54) is 36.4 Å². The topological polar surface area (TPSA) is 93.1 Å². The standard InChI is InChI=1S/C23H23FN4O3/c1-15(2)12-21(29)26-18-5-3-4-16(13-18)14-25-23(31)20-10-11-22(30)28(27-20)19-8-6-17(24)7-9-19/h3-11,13,15H,12,14H2,1-2H3,(H,25,31)(H,26,29). The van der Waals surface area contributed by atoms with E-state index in [4.69, 9.17) is 0 Å². The molecule has 0 fully saturated rings. The molecule has 0 aliphatic heterocycles. The largest absolute Gasteiger partial charge is 0.347 e. The molecule has 8 heteroatoms. The molecule has 0 unspecified atom stereocenters. The van der Waals surface area contributed by atoms with Gasteiger partial charge in [0.25, 0.3) is 11.5 Å². The first-order valence-corrected chi connectivity index (χ1v) is 9.85. The van der Waals surface area contributed by atoms with E-state index < -0.39 is 17.3 Å². The van der Waals surface area contributed by atoms with Gasteiger partial charge in [0.05, 0.1) is 5.69 Å². The van der Waals surface area contributed by atoms with Crippen LogP contribution in [0.1, 0.15) is 36.3 Å². The smallest absolute Gasteiger partial charge is 0.272 e. The maximum atomic E-state index is 13.1. The number of halogens is 1. The van der Waals surface area contributed by atoms with Gasteiger partial charge in [0.15, 0.2) is 0 Å². The molecule has 0 atom stereocenters. The fraction of sp³-hybridized carbons (Fsp3) is 0.217. The Morgan fingerprint density at radius 3 is 2.52 bits per heavy atom. The van der Waals surface area contributed by atoms with Crippen molar-refractivity contribution in [3.63, 3.8) is 0 Å². The monoisotopic (exact) mass is 422 g/mol. The number of carbonyl (C=O) groups excluding carboxylic acids is 2. The summed E-state index contributed by atoms with van der Waals surface area (Å²) in [5, 5.41) is 9.67. The lowest BCUT2D eigenvalue weighted by molar-refractivity contribution is -0.116. The molecule has 3 rings (SSSR count). The molecule has 2 aromatic carbocycles. The molecule has 0 aliphatic carbocycles. The number of nitrogens with one attached hydrogen (secondary N) is 2. The minimum absolute atomic E-state index is 0.0466. The first kappa shape index (κ1) is 21.9. The molecule has 1 aromatic heterocycles. The van der Waals surface area contributed by atoms with E-state index >= 15 is 0 Å². The Bertz CT molecular complexity index is 1140. The van der Waals surface area contributed by atoms with Crippen molar-refractivity contribution < 1.29 is 14.0 Å². The van der Waals surface area contributed by atoms with E-state index in [1.807, 2.05) is 19.9 Å². The number of rotatable bonds is 7. The summed E-state index contributed by atoms with van der Waals surface area (Å²) in [5.41, 5.74) is 1.41. The van der Waals surface area contributed by atoms with Crippen molar-refractivity contribution in [2.75, 3.05) is 5.32 Å². The number of benzene rings is 2. The van der Waals surface area contributed by atoms with Gasteiger partial charge in [0.2, 0.25) is 5.91 Å². The molecule has 0 radical (unpaired) electrons. The number of anilines is 1. The lowest BCUT2D eigenvalue weighted by atomic mass is 10.1. The third-order valence-corrected chi connectivity index (χ3v) is 4.36. The van der Waals surface area contributed by atoms with Crippen LogP contribution >= 0.6 is 0 Å². The van der Waals surface area contributed by atoms with E-state index in [9.17, 15) is 18.8 Å². The zero-order chi connectivity index (χ0) is 22.4.